The molecule has 1 aromatic rings. The van der Waals surface area contributed by atoms with Crippen LogP contribution in [-0.4, -0.2) is 43.3 Å². The minimum absolute atomic E-state index is 0.0536. The van der Waals surface area contributed by atoms with E-state index in [4.69, 9.17) is 9.72 Å². The Morgan fingerprint density at radius 1 is 1.37 bits per heavy atom. The van der Waals surface area contributed by atoms with Gasteiger partial charge in [-0.05, 0) is 6.42 Å². The molecule has 0 bridgehead atoms. The van der Waals surface area contributed by atoms with Gasteiger partial charge in [-0.25, -0.2) is 9.97 Å². The van der Waals surface area contributed by atoms with Gasteiger partial charge in [0.05, 0.1) is 6.10 Å². The topological polar surface area (TPSA) is 50.3 Å². The first kappa shape index (κ1) is 14.1. The number of nitrogens with one attached hydrogen (secondary N) is 1. The van der Waals surface area contributed by atoms with Crippen molar-refractivity contribution in [1.82, 2.24) is 9.97 Å². The summed E-state index contributed by atoms with van der Waals surface area (Å²) in [4.78, 5) is 11.5. The Morgan fingerprint density at radius 3 is 2.63 bits per heavy atom. The van der Waals surface area contributed by atoms with Gasteiger partial charge in [-0.15, -0.1) is 0 Å². The van der Waals surface area contributed by atoms with Crippen molar-refractivity contribution in [3.63, 3.8) is 0 Å². The molecule has 1 unspecified atom stereocenters. The third-order valence-corrected chi connectivity index (χ3v) is 3.44. The summed E-state index contributed by atoms with van der Waals surface area (Å²) >= 11 is 0. The summed E-state index contributed by atoms with van der Waals surface area (Å²) in [5, 5.41) is 3.12. The van der Waals surface area contributed by atoms with Gasteiger partial charge in [0.15, 0.2) is 0 Å². The number of rotatable bonds is 3. The molecular formula is C14H24N4O. The number of hydrogen-bond donors (Lipinski definition) is 1. The van der Waals surface area contributed by atoms with Gasteiger partial charge in [-0.1, -0.05) is 20.8 Å². The standard InChI is InChI=1S/C14H24N4O/c1-14(2,3)13-16-11(15-4)8-12(17-13)18-7-6-10(9-18)19-5/h8,10H,6-7,9H2,1-5H3,(H,15,16,17). The molecule has 0 amide bonds. The number of nitrogens with zero attached hydrogens (tertiary/aromatic N) is 3. The van der Waals surface area contributed by atoms with E-state index in [1.165, 1.54) is 0 Å². The molecule has 0 saturated carbocycles. The fourth-order valence-corrected chi connectivity index (χ4v) is 2.19. The highest BCUT2D eigenvalue weighted by Crippen LogP contribution is 2.26. The van der Waals surface area contributed by atoms with Gasteiger partial charge in [-0.3, -0.25) is 0 Å². The highest BCUT2D eigenvalue weighted by molar-refractivity contribution is 5.50. The molecule has 0 radical (unpaired) electrons. The summed E-state index contributed by atoms with van der Waals surface area (Å²) in [5.41, 5.74) is -0.0536. The van der Waals surface area contributed by atoms with Crippen LogP contribution in [0.2, 0.25) is 0 Å². The van der Waals surface area contributed by atoms with Crippen molar-refractivity contribution in [2.24, 2.45) is 0 Å². The molecule has 1 aliphatic rings. The van der Waals surface area contributed by atoms with Gasteiger partial charge in [0.2, 0.25) is 0 Å². The van der Waals surface area contributed by atoms with Crippen LogP contribution in [0.5, 0.6) is 0 Å². The van der Waals surface area contributed by atoms with Crippen LogP contribution in [0.4, 0.5) is 11.6 Å². The third-order valence-electron chi connectivity index (χ3n) is 3.44. The maximum Gasteiger partial charge on any atom is 0.138 e. The molecule has 1 aromatic heterocycles. The van der Waals surface area contributed by atoms with Gasteiger partial charge in [0.25, 0.3) is 0 Å². The highest BCUT2D eigenvalue weighted by atomic mass is 16.5. The van der Waals surface area contributed by atoms with Gasteiger partial charge in [0, 0.05) is 38.7 Å². The Bertz CT molecular complexity index is 442. The van der Waals surface area contributed by atoms with E-state index < -0.39 is 0 Å². The summed E-state index contributed by atoms with van der Waals surface area (Å²) < 4.78 is 5.42. The molecule has 1 aliphatic heterocycles. The molecule has 1 atom stereocenters. The van der Waals surface area contributed by atoms with Crippen LogP contribution in [0.3, 0.4) is 0 Å². The largest absolute Gasteiger partial charge is 0.380 e. The van der Waals surface area contributed by atoms with Gasteiger partial charge in [0.1, 0.15) is 17.5 Å². The van der Waals surface area contributed by atoms with Crippen molar-refractivity contribution in [3.05, 3.63) is 11.9 Å². The van der Waals surface area contributed by atoms with E-state index >= 15 is 0 Å². The van der Waals surface area contributed by atoms with E-state index in [1.54, 1.807) is 7.11 Å². The molecule has 1 fully saturated rings. The van der Waals surface area contributed by atoms with Crippen molar-refractivity contribution < 1.29 is 4.74 Å². The summed E-state index contributed by atoms with van der Waals surface area (Å²) in [6, 6.07) is 2.01. The van der Waals surface area contributed by atoms with Crippen LogP contribution in [-0.2, 0) is 10.2 Å². The number of aromatic nitrogens is 2. The molecule has 2 rings (SSSR count). The predicted molar refractivity (Wildman–Crippen MR) is 77.9 cm³/mol. The second-order valence-electron chi connectivity index (χ2n) is 6.03. The molecule has 0 spiro atoms. The second-order valence-corrected chi connectivity index (χ2v) is 6.03. The van der Waals surface area contributed by atoms with Crippen LogP contribution in [0.15, 0.2) is 6.07 Å². The SMILES string of the molecule is CNc1cc(N2CCC(OC)C2)nc(C(C)(C)C)n1. The van der Waals surface area contributed by atoms with E-state index in [2.05, 4.69) is 36.0 Å². The Labute approximate surface area is 115 Å². The van der Waals surface area contributed by atoms with E-state index in [0.29, 0.717) is 6.10 Å². The maximum absolute atomic E-state index is 5.42. The first-order chi connectivity index (χ1) is 8.94. The van der Waals surface area contributed by atoms with Crippen molar-refractivity contribution in [3.8, 4) is 0 Å². The number of methoxy groups -OCH3 is 1. The van der Waals surface area contributed by atoms with Gasteiger partial charge >= 0.3 is 0 Å². The summed E-state index contributed by atoms with van der Waals surface area (Å²) in [6.07, 6.45) is 1.37. The monoisotopic (exact) mass is 264 g/mol. The lowest BCUT2D eigenvalue weighted by Crippen LogP contribution is -2.25. The zero-order valence-electron chi connectivity index (χ0n) is 12.5. The predicted octanol–water partition coefficient (Wildman–Crippen LogP) is 2.04. The third kappa shape index (κ3) is 3.15. The minimum atomic E-state index is -0.0536. The first-order valence-corrected chi connectivity index (χ1v) is 6.79. The van der Waals surface area contributed by atoms with E-state index in [9.17, 15) is 0 Å². The molecule has 1 N–H and O–H groups in total. The molecule has 0 aromatic carbocycles. The summed E-state index contributed by atoms with van der Waals surface area (Å²) in [7, 11) is 3.66. The minimum Gasteiger partial charge on any atom is -0.380 e. The highest BCUT2D eigenvalue weighted by Gasteiger charge is 2.26. The van der Waals surface area contributed by atoms with Gasteiger partial charge in [-0.2, -0.15) is 0 Å². The smallest absolute Gasteiger partial charge is 0.138 e. The molecule has 5 nitrogen and oxygen atoms in total. The quantitative estimate of drug-likeness (QED) is 0.905. The Hall–Kier alpha value is -1.36. The average molecular weight is 264 g/mol. The number of ether oxygens (including phenoxy) is 1. The van der Waals surface area contributed by atoms with Crippen molar-refractivity contribution in [1.29, 1.82) is 0 Å². The van der Waals surface area contributed by atoms with Crippen LogP contribution in [0, 0.1) is 0 Å². The molecule has 106 valence electrons. The maximum atomic E-state index is 5.42. The zero-order chi connectivity index (χ0) is 14.0. The lowest BCUT2D eigenvalue weighted by molar-refractivity contribution is 0.121. The van der Waals surface area contributed by atoms with Crippen LogP contribution >= 0.6 is 0 Å². The molecule has 5 heteroatoms. The summed E-state index contributed by atoms with van der Waals surface area (Å²) in [6.45, 7) is 8.29. The molecule has 1 saturated heterocycles. The van der Waals surface area contributed by atoms with E-state index in [-0.39, 0.29) is 5.41 Å². The molecule has 0 aliphatic carbocycles. The van der Waals surface area contributed by atoms with E-state index in [1.807, 2.05) is 13.1 Å². The average Bonchev–Trinajstić information content (AvgIpc) is 2.86. The van der Waals surface area contributed by atoms with Crippen molar-refractivity contribution >= 4 is 11.6 Å². The zero-order valence-corrected chi connectivity index (χ0v) is 12.5. The van der Waals surface area contributed by atoms with Crippen LogP contribution in [0.25, 0.3) is 0 Å². The van der Waals surface area contributed by atoms with Crippen LogP contribution < -0.4 is 10.2 Å². The Kier molecular flexibility index (Phi) is 3.94. The van der Waals surface area contributed by atoms with Crippen LogP contribution in [0.1, 0.15) is 33.0 Å². The molecule has 2 heterocycles. The number of hydrogen-bond acceptors (Lipinski definition) is 5. The van der Waals surface area contributed by atoms with Crippen molar-refractivity contribution in [2.75, 3.05) is 37.5 Å². The molecular weight excluding hydrogens is 240 g/mol. The summed E-state index contributed by atoms with van der Waals surface area (Å²) in [5.74, 6) is 2.73. The fraction of sp³-hybridized carbons (Fsp3) is 0.714. The van der Waals surface area contributed by atoms with Gasteiger partial charge < -0.3 is 15.0 Å². The number of anilines is 2. The van der Waals surface area contributed by atoms with E-state index in [0.717, 1.165) is 37.0 Å². The van der Waals surface area contributed by atoms with Crippen molar-refractivity contribution in [2.45, 2.75) is 38.7 Å². The molecule has 19 heavy (non-hydrogen) atoms. The Balaban J connectivity index is 2.30. The lowest BCUT2D eigenvalue weighted by atomic mass is 9.96. The fourth-order valence-electron chi connectivity index (χ4n) is 2.19. The second kappa shape index (κ2) is 5.33. The normalized spacial score (nSPS) is 19.8. The first-order valence-electron chi connectivity index (χ1n) is 6.79. The Morgan fingerprint density at radius 2 is 2.11 bits per heavy atom. The lowest BCUT2D eigenvalue weighted by Gasteiger charge is -2.22.